The molecule has 0 fully saturated rings. The topological polar surface area (TPSA) is 70.9 Å². The van der Waals surface area contributed by atoms with Crippen LogP contribution in [0.5, 0.6) is 11.5 Å². The Balaban J connectivity index is 1.88. The molecule has 7 heteroatoms. The number of carbonyl (C=O) groups excluding carboxylic acids is 1. The second-order valence-electron chi connectivity index (χ2n) is 5.23. The van der Waals surface area contributed by atoms with Crippen molar-refractivity contribution in [3.05, 3.63) is 58.1 Å². The molecule has 0 saturated carbocycles. The standard InChI is InChI=1S/C18H19BrN2O3S/c1-12(25-11-13-6-4-3-5-7-13)18(23)21-20-10-14-8-15(19)17(22)16(9-14)24-2/h3-10,12,22H,11H2,1-2H3,(H,21,23)/b20-10-/t12-/m0/s1. The third kappa shape index (κ3) is 5.79. The summed E-state index contributed by atoms with van der Waals surface area (Å²) < 4.78 is 5.57. The fourth-order valence-corrected chi connectivity index (χ4v) is 3.26. The molecule has 0 spiro atoms. The lowest BCUT2D eigenvalue weighted by Gasteiger charge is -2.09. The molecule has 2 N–H and O–H groups in total. The number of ether oxygens (including phenoxy) is 1. The van der Waals surface area contributed by atoms with Crippen LogP contribution in [0.1, 0.15) is 18.1 Å². The SMILES string of the molecule is COc1cc(/C=N\NC(=O)[C@H](C)SCc2ccccc2)cc(Br)c1O. The number of phenolic OH excluding ortho intramolecular Hbond substituents is 1. The molecule has 25 heavy (non-hydrogen) atoms. The van der Waals surface area contributed by atoms with Gasteiger partial charge >= 0.3 is 0 Å². The Hall–Kier alpha value is -1.99. The van der Waals surface area contributed by atoms with Gasteiger partial charge in [-0.25, -0.2) is 5.43 Å². The normalized spacial score (nSPS) is 12.1. The molecule has 1 atom stereocenters. The zero-order chi connectivity index (χ0) is 18.2. The molecule has 0 aromatic heterocycles. The number of hydrogen-bond donors (Lipinski definition) is 2. The number of rotatable bonds is 7. The summed E-state index contributed by atoms with van der Waals surface area (Å²) >= 11 is 4.79. The van der Waals surface area contributed by atoms with Gasteiger partial charge in [-0.2, -0.15) is 5.10 Å². The van der Waals surface area contributed by atoms with Gasteiger partial charge in [0.2, 0.25) is 0 Å². The highest BCUT2D eigenvalue weighted by Gasteiger charge is 2.12. The Bertz CT molecular complexity index is 753. The minimum absolute atomic E-state index is 0.0228. The number of carbonyl (C=O) groups is 1. The lowest BCUT2D eigenvalue weighted by molar-refractivity contribution is -0.120. The van der Waals surface area contributed by atoms with Gasteiger partial charge in [0.1, 0.15) is 0 Å². The first-order valence-electron chi connectivity index (χ1n) is 7.56. The Morgan fingerprint density at radius 2 is 2.12 bits per heavy atom. The minimum Gasteiger partial charge on any atom is -0.503 e. The summed E-state index contributed by atoms with van der Waals surface area (Å²) in [5.74, 6) is 0.951. The van der Waals surface area contributed by atoms with Crippen molar-refractivity contribution in [3.63, 3.8) is 0 Å². The van der Waals surface area contributed by atoms with Gasteiger partial charge in [0.25, 0.3) is 5.91 Å². The number of thioether (sulfide) groups is 1. The van der Waals surface area contributed by atoms with Crippen molar-refractivity contribution in [2.45, 2.75) is 17.9 Å². The first kappa shape index (κ1) is 19.3. The van der Waals surface area contributed by atoms with Crippen LogP contribution in [0, 0.1) is 0 Å². The minimum atomic E-state index is -0.224. The molecule has 5 nitrogen and oxygen atoms in total. The molecule has 0 bridgehead atoms. The molecule has 0 unspecified atom stereocenters. The second kappa shape index (κ2) is 9.48. The van der Waals surface area contributed by atoms with E-state index in [4.69, 9.17) is 4.74 Å². The number of halogens is 1. The van der Waals surface area contributed by atoms with Crippen LogP contribution >= 0.6 is 27.7 Å². The summed E-state index contributed by atoms with van der Waals surface area (Å²) in [6, 6.07) is 13.3. The predicted octanol–water partition coefficient (Wildman–Crippen LogP) is 3.94. The molecule has 2 aromatic carbocycles. The highest BCUT2D eigenvalue weighted by Crippen LogP contribution is 2.34. The average Bonchev–Trinajstić information content (AvgIpc) is 2.63. The monoisotopic (exact) mass is 422 g/mol. The van der Waals surface area contributed by atoms with E-state index in [-0.39, 0.29) is 16.9 Å². The third-order valence-corrected chi connectivity index (χ3v) is 5.19. The summed E-state index contributed by atoms with van der Waals surface area (Å²) in [7, 11) is 1.47. The maximum atomic E-state index is 12.1. The van der Waals surface area contributed by atoms with Crippen LogP contribution in [-0.2, 0) is 10.5 Å². The second-order valence-corrected chi connectivity index (χ2v) is 7.41. The number of nitrogens with zero attached hydrogens (tertiary/aromatic N) is 1. The molecule has 0 aliphatic heterocycles. The Morgan fingerprint density at radius 1 is 1.40 bits per heavy atom. The first-order valence-corrected chi connectivity index (χ1v) is 9.40. The maximum absolute atomic E-state index is 12.1. The third-order valence-electron chi connectivity index (χ3n) is 3.37. The van der Waals surface area contributed by atoms with E-state index in [0.717, 1.165) is 5.75 Å². The number of benzene rings is 2. The molecule has 0 aliphatic carbocycles. The number of hydrazone groups is 1. The molecule has 132 valence electrons. The van der Waals surface area contributed by atoms with E-state index in [1.54, 1.807) is 23.9 Å². The van der Waals surface area contributed by atoms with Gasteiger partial charge in [0, 0.05) is 5.75 Å². The maximum Gasteiger partial charge on any atom is 0.252 e. The molecule has 0 saturated heterocycles. The number of nitrogens with one attached hydrogen (secondary N) is 1. The molecular weight excluding hydrogens is 404 g/mol. The predicted molar refractivity (Wildman–Crippen MR) is 105 cm³/mol. The van der Waals surface area contributed by atoms with E-state index >= 15 is 0 Å². The lowest BCUT2D eigenvalue weighted by atomic mass is 10.2. The van der Waals surface area contributed by atoms with Crippen LogP contribution in [0.2, 0.25) is 0 Å². The van der Waals surface area contributed by atoms with Gasteiger partial charge in [-0.05, 0) is 46.1 Å². The van der Waals surface area contributed by atoms with Crippen LogP contribution in [0.3, 0.4) is 0 Å². The van der Waals surface area contributed by atoms with E-state index in [0.29, 0.717) is 15.8 Å². The van der Waals surface area contributed by atoms with Crippen molar-refractivity contribution in [2.75, 3.05) is 7.11 Å². The van der Waals surface area contributed by atoms with E-state index in [2.05, 4.69) is 26.5 Å². The molecule has 0 aliphatic rings. The molecule has 1 amide bonds. The molecular formula is C18H19BrN2O3S. The van der Waals surface area contributed by atoms with E-state index in [1.807, 2.05) is 37.3 Å². The Labute approximate surface area is 159 Å². The van der Waals surface area contributed by atoms with Gasteiger partial charge in [-0.15, -0.1) is 11.8 Å². The Kier molecular flexibility index (Phi) is 7.33. The Morgan fingerprint density at radius 3 is 2.80 bits per heavy atom. The van der Waals surface area contributed by atoms with Gasteiger partial charge in [-0.1, -0.05) is 30.3 Å². The van der Waals surface area contributed by atoms with Crippen LogP contribution < -0.4 is 10.2 Å². The van der Waals surface area contributed by atoms with Crippen LogP contribution in [0.25, 0.3) is 0 Å². The van der Waals surface area contributed by atoms with Crippen LogP contribution in [0.4, 0.5) is 0 Å². The van der Waals surface area contributed by atoms with Gasteiger partial charge in [0.05, 0.1) is 23.0 Å². The molecule has 2 aromatic rings. The van der Waals surface area contributed by atoms with E-state index < -0.39 is 0 Å². The van der Waals surface area contributed by atoms with Gasteiger partial charge in [-0.3, -0.25) is 4.79 Å². The van der Waals surface area contributed by atoms with E-state index in [1.165, 1.54) is 18.9 Å². The average molecular weight is 423 g/mol. The van der Waals surface area contributed by atoms with Crippen LogP contribution in [-0.4, -0.2) is 29.6 Å². The van der Waals surface area contributed by atoms with Crippen molar-refractivity contribution in [2.24, 2.45) is 5.10 Å². The van der Waals surface area contributed by atoms with Crippen molar-refractivity contribution in [1.82, 2.24) is 5.43 Å². The lowest BCUT2D eigenvalue weighted by Crippen LogP contribution is -2.27. The number of phenols is 1. The highest BCUT2D eigenvalue weighted by atomic mass is 79.9. The summed E-state index contributed by atoms with van der Waals surface area (Å²) in [6.07, 6.45) is 1.50. The fourth-order valence-electron chi connectivity index (χ4n) is 1.96. The molecule has 2 rings (SSSR count). The number of amides is 1. The number of hydrogen-bond acceptors (Lipinski definition) is 5. The van der Waals surface area contributed by atoms with Gasteiger partial charge in [0.15, 0.2) is 11.5 Å². The molecule has 0 heterocycles. The summed E-state index contributed by atoms with van der Waals surface area (Å²) in [6.45, 7) is 1.85. The highest BCUT2D eigenvalue weighted by molar-refractivity contribution is 9.10. The fraction of sp³-hybridized carbons (Fsp3) is 0.222. The van der Waals surface area contributed by atoms with E-state index in [9.17, 15) is 9.90 Å². The van der Waals surface area contributed by atoms with Crippen molar-refractivity contribution < 1.29 is 14.6 Å². The smallest absolute Gasteiger partial charge is 0.252 e. The zero-order valence-electron chi connectivity index (χ0n) is 13.9. The van der Waals surface area contributed by atoms with Crippen LogP contribution in [0.15, 0.2) is 52.0 Å². The van der Waals surface area contributed by atoms with Crippen molar-refractivity contribution >= 4 is 39.8 Å². The number of aromatic hydroxyl groups is 1. The van der Waals surface area contributed by atoms with Gasteiger partial charge < -0.3 is 9.84 Å². The van der Waals surface area contributed by atoms with Crippen molar-refractivity contribution in [3.8, 4) is 11.5 Å². The molecule has 0 radical (unpaired) electrons. The largest absolute Gasteiger partial charge is 0.503 e. The quantitative estimate of drug-likeness (QED) is 0.523. The number of methoxy groups -OCH3 is 1. The summed E-state index contributed by atoms with van der Waals surface area (Å²) in [5, 5.41) is 13.5. The summed E-state index contributed by atoms with van der Waals surface area (Å²) in [4.78, 5) is 12.1. The first-order chi connectivity index (χ1) is 12.0. The van der Waals surface area contributed by atoms with Crippen molar-refractivity contribution in [1.29, 1.82) is 0 Å². The zero-order valence-corrected chi connectivity index (χ0v) is 16.3. The summed E-state index contributed by atoms with van der Waals surface area (Å²) in [5.41, 5.74) is 4.39.